The third kappa shape index (κ3) is 3.29. The first-order valence-electron chi connectivity index (χ1n) is 6.58. The molecule has 0 atom stereocenters. The van der Waals surface area contributed by atoms with E-state index in [2.05, 4.69) is 10.6 Å². The second-order valence-electron chi connectivity index (χ2n) is 4.65. The fourth-order valence-electron chi connectivity index (χ4n) is 2.13. The monoisotopic (exact) mass is 297 g/mol. The Balaban J connectivity index is 2.14. The lowest BCUT2D eigenvalue weighted by Gasteiger charge is -2.17. The molecule has 1 aromatic rings. The summed E-state index contributed by atoms with van der Waals surface area (Å²) in [6.07, 6.45) is 0.626. The normalized spacial score (nSPS) is 17.1. The smallest absolute Gasteiger partial charge is 0.251 e. The summed E-state index contributed by atoms with van der Waals surface area (Å²) in [5, 5.41) is 5.71. The van der Waals surface area contributed by atoms with Crippen LogP contribution in [0.1, 0.15) is 16.8 Å². The number of carbonyl (C=O) groups is 1. The lowest BCUT2D eigenvalue weighted by molar-refractivity contribution is 0.0954. The van der Waals surface area contributed by atoms with Crippen LogP contribution in [0.2, 0.25) is 0 Å². The van der Waals surface area contributed by atoms with Crippen LogP contribution in [0.3, 0.4) is 0 Å². The van der Waals surface area contributed by atoms with Gasteiger partial charge < -0.3 is 10.6 Å². The zero-order valence-electron chi connectivity index (χ0n) is 11.4. The summed E-state index contributed by atoms with van der Waals surface area (Å²) in [5.41, 5.74) is 1.03. The maximum atomic E-state index is 11.9. The Morgan fingerprint density at radius 1 is 1.35 bits per heavy atom. The van der Waals surface area contributed by atoms with Gasteiger partial charge in [0, 0.05) is 25.2 Å². The molecular weight excluding hydrogens is 278 g/mol. The molecule has 7 heteroatoms. The summed E-state index contributed by atoms with van der Waals surface area (Å²) in [6.45, 7) is 1.70. The Morgan fingerprint density at radius 3 is 2.80 bits per heavy atom. The van der Waals surface area contributed by atoms with Crippen LogP contribution >= 0.6 is 0 Å². The number of likely N-dealkylation sites (N-methyl/N-ethyl adjacent to an activating group) is 1. The van der Waals surface area contributed by atoms with Crippen molar-refractivity contribution in [1.29, 1.82) is 0 Å². The molecule has 1 amide bonds. The summed E-state index contributed by atoms with van der Waals surface area (Å²) in [7, 11) is -1.40. The zero-order valence-corrected chi connectivity index (χ0v) is 12.2. The molecule has 0 saturated carbocycles. The molecule has 1 fully saturated rings. The molecule has 0 spiro atoms. The van der Waals surface area contributed by atoms with E-state index in [-0.39, 0.29) is 11.7 Å². The maximum absolute atomic E-state index is 11.9. The van der Waals surface area contributed by atoms with E-state index in [4.69, 9.17) is 0 Å². The molecule has 0 bridgehead atoms. The molecule has 2 N–H and O–H groups in total. The van der Waals surface area contributed by atoms with Crippen LogP contribution in [-0.4, -0.2) is 46.8 Å². The molecule has 1 aromatic carbocycles. The molecule has 2 rings (SSSR count). The fraction of sp³-hybridized carbons (Fsp3) is 0.462. The predicted octanol–water partition coefficient (Wildman–Crippen LogP) is 0.176. The average Bonchev–Trinajstić information content (AvgIpc) is 2.78. The lowest BCUT2D eigenvalue weighted by atomic mass is 10.2. The van der Waals surface area contributed by atoms with Crippen molar-refractivity contribution in [2.45, 2.75) is 6.42 Å². The molecule has 1 saturated heterocycles. The number of anilines is 1. The molecule has 0 unspecified atom stereocenters. The van der Waals surface area contributed by atoms with Crippen LogP contribution in [0.15, 0.2) is 24.3 Å². The molecule has 20 heavy (non-hydrogen) atoms. The van der Waals surface area contributed by atoms with E-state index in [0.29, 0.717) is 37.3 Å². The molecule has 1 aliphatic heterocycles. The quantitative estimate of drug-likeness (QED) is 0.760. The van der Waals surface area contributed by atoms with Gasteiger partial charge in [0.15, 0.2) is 0 Å². The molecule has 110 valence electrons. The summed E-state index contributed by atoms with van der Waals surface area (Å²) in [5.74, 6) is -0.0234. The van der Waals surface area contributed by atoms with Gasteiger partial charge in [-0.1, -0.05) is 6.07 Å². The number of benzene rings is 1. The molecule has 1 aliphatic rings. The van der Waals surface area contributed by atoms with Gasteiger partial charge in [0.05, 0.1) is 11.4 Å². The highest BCUT2D eigenvalue weighted by atomic mass is 32.2. The van der Waals surface area contributed by atoms with E-state index in [1.54, 1.807) is 24.3 Å². The first-order valence-corrected chi connectivity index (χ1v) is 8.19. The number of rotatable bonds is 5. The number of hydrogen-bond acceptors (Lipinski definition) is 4. The van der Waals surface area contributed by atoms with E-state index in [0.717, 1.165) is 0 Å². The number of amides is 1. The van der Waals surface area contributed by atoms with Gasteiger partial charge >= 0.3 is 0 Å². The van der Waals surface area contributed by atoms with Gasteiger partial charge in [-0.05, 0) is 31.7 Å². The van der Waals surface area contributed by atoms with E-state index < -0.39 is 10.0 Å². The zero-order chi connectivity index (χ0) is 14.6. The van der Waals surface area contributed by atoms with Crippen molar-refractivity contribution >= 4 is 21.6 Å². The van der Waals surface area contributed by atoms with Crippen LogP contribution < -0.4 is 14.9 Å². The first kappa shape index (κ1) is 14.8. The Morgan fingerprint density at radius 2 is 2.15 bits per heavy atom. The van der Waals surface area contributed by atoms with Crippen LogP contribution in [-0.2, 0) is 10.0 Å². The Labute approximate surface area is 119 Å². The van der Waals surface area contributed by atoms with Crippen LogP contribution in [0, 0.1) is 0 Å². The van der Waals surface area contributed by atoms with Crippen molar-refractivity contribution in [3.8, 4) is 0 Å². The van der Waals surface area contributed by atoms with E-state index in [1.165, 1.54) is 4.31 Å². The van der Waals surface area contributed by atoms with Crippen LogP contribution in [0.4, 0.5) is 5.69 Å². The molecule has 1 heterocycles. The molecular formula is C13H19N3O3S. The van der Waals surface area contributed by atoms with Gasteiger partial charge in [-0.3, -0.25) is 9.10 Å². The van der Waals surface area contributed by atoms with E-state index in [1.807, 2.05) is 7.05 Å². The number of hydrogen-bond donors (Lipinski definition) is 2. The highest BCUT2D eigenvalue weighted by Crippen LogP contribution is 2.24. The lowest BCUT2D eigenvalue weighted by Crippen LogP contribution is -2.30. The molecule has 0 radical (unpaired) electrons. The van der Waals surface area contributed by atoms with Crippen LogP contribution in [0.25, 0.3) is 0 Å². The number of nitrogens with zero attached hydrogens (tertiary/aromatic N) is 1. The highest BCUT2D eigenvalue weighted by molar-refractivity contribution is 7.93. The van der Waals surface area contributed by atoms with Gasteiger partial charge in [0.1, 0.15) is 0 Å². The van der Waals surface area contributed by atoms with Gasteiger partial charge in [-0.2, -0.15) is 0 Å². The minimum absolute atomic E-state index is 0.172. The van der Waals surface area contributed by atoms with Crippen molar-refractivity contribution < 1.29 is 13.2 Å². The summed E-state index contributed by atoms with van der Waals surface area (Å²) < 4.78 is 25.1. The first-order chi connectivity index (χ1) is 9.54. The predicted molar refractivity (Wildman–Crippen MR) is 78.5 cm³/mol. The Hall–Kier alpha value is -1.60. The standard InChI is InChI=1S/C13H19N3O3S/c1-14-6-7-15-13(17)11-4-2-5-12(10-11)16-8-3-9-20(16,18)19/h2,4-5,10,14H,3,6-9H2,1H3,(H,15,17). The van der Waals surface area contributed by atoms with Crippen molar-refractivity contribution in [2.75, 3.05) is 36.7 Å². The Bertz CT molecular complexity index is 586. The van der Waals surface area contributed by atoms with Gasteiger partial charge in [0.25, 0.3) is 5.91 Å². The largest absolute Gasteiger partial charge is 0.351 e. The van der Waals surface area contributed by atoms with E-state index in [9.17, 15) is 13.2 Å². The second-order valence-corrected chi connectivity index (χ2v) is 6.66. The van der Waals surface area contributed by atoms with Gasteiger partial charge in [-0.25, -0.2) is 8.42 Å². The Kier molecular flexibility index (Phi) is 4.61. The van der Waals surface area contributed by atoms with Crippen molar-refractivity contribution in [2.24, 2.45) is 0 Å². The van der Waals surface area contributed by atoms with Crippen LogP contribution in [0.5, 0.6) is 0 Å². The molecule has 0 aliphatic carbocycles. The SMILES string of the molecule is CNCCNC(=O)c1cccc(N2CCCS2(=O)=O)c1. The van der Waals surface area contributed by atoms with Crippen molar-refractivity contribution in [3.05, 3.63) is 29.8 Å². The van der Waals surface area contributed by atoms with E-state index >= 15 is 0 Å². The molecule has 0 aromatic heterocycles. The summed E-state index contributed by atoms with van der Waals surface area (Å²) >= 11 is 0. The van der Waals surface area contributed by atoms with Crippen molar-refractivity contribution in [3.63, 3.8) is 0 Å². The van der Waals surface area contributed by atoms with Gasteiger partial charge in [0.2, 0.25) is 10.0 Å². The summed E-state index contributed by atoms with van der Waals surface area (Å²) in [4.78, 5) is 11.9. The van der Waals surface area contributed by atoms with Gasteiger partial charge in [-0.15, -0.1) is 0 Å². The summed E-state index contributed by atoms with van der Waals surface area (Å²) in [6, 6.07) is 6.72. The highest BCUT2D eigenvalue weighted by Gasteiger charge is 2.28. The number of nitrogens with one attached hydrogen (secondary N) is 2. The third-order valence-electron chi connectivity index (χ3n) is 3.16. The fourth-order valence-corrected chi connectivity index (χ4v) is 3.69. The molecule has 6 nitrogen and oxygen atoms in total. The number of sulfonamides is 1. The average molecular weight is 297 g/mol. The maximum Gasteiger partial charge on any atom is 0.251 e. The second kappa shape index (κ2) is 6.23. The minimum atomic E-state index is -3.21. The number of carbonyl (C=O) groups excluding carboxylic acids is 1. The van der Waals surface area contributed by atoms with Crippen molar-refractivity contribution in [1.82, 2.24) is 10.6 Å². The topological polar surface area (TPSA) is 78.5 Å². The third-order valence-corrected chi connectivity index (χ3v) is 5.03. The minimum Gasteiger partial charge on any atom is -0.351 e.